The van der Waals surface area contributed by atoms with Crippen LogP contribution in [0, 0.1) is 0 Å². The highest BCUT2D eigenvalue weighted by atomic mass is 16.5. The summed E-state index contributed by atoms with van der Waals surface area (Å²) >= 11 is 0. The highest BCUT2D eigenvalue weighted by molar-refractivity contribution is 5.97. The number of aromatic nitrogens is 2. The molecule has 2 rings (SSSR count). The minimum atomic E-state index is -0.248. The van der Waals surface area contributed by atoms with Crippen LogP contribution in [0.4, 0.5) is 0 Å². The molecule has 5 N–H and O–H groups in total. The number of hydrogen-bond acceptors (Lipinski definition) is 5. The number of ether oxygens (including phenoxy) is 1. The molecule has 0 bridgehead atoms. The number of nitrogens with one attached hydrogen (secondary N) is 2. The molecule has 120 valence electrons. The summed E-state index contributed by atoms with van der Waals surface area (Å²) in [7, 11) is 0. The van der Waals surface area contributed by atoms with Crippen LogP contribution in [0.2, 0.25) is 0 Å². The van der Waals surface area contributed by atoms with Crippen molar-refractivity contribution in [3.05, 3.63) is 34.2 Å². The van der Waals surface area contributed by atoms with Crippen LogP contribution in [0.25, 0.3) is 11.0 Å². The lowest BCUT2D eigenvalue weighted by Gasteiger charge is -2.06. The molecule has 1 aromatic carbocycles. The van der Waals surface area contributed by atoms with E-state index in [2.05, 4.69) is 10.3 Å². The van der Waals surface area contributed by atoms with Crippen molar-refractivity contribution in [1.82, 2.24) is 14.9 Å². The first-order valence-corrected chi connectivity index (χ1v) is 7.07. The van der Waals surface area contributed by atoms with E-state index < -0.39 is 0 Å². The minimum absolute atomic E-state index is 0.0449. The molecule has 0 radical (unpaired) electrons. The van der Waals surface area contributed by atoms with Crippen LogP contribution < -0.4 is 16.7 Å². The molecule has 0 spiro atoms. The smallest absolute Gasteiger partial charge is 0.326 e. The topological polar surface area (TPSA) is 122 Å². The number of amides is 1. The van der Waals surface area contributed by atoms with E-state index in [0.717, 1.165) is 0 Å². The maximum Gasteiger partial charge on any atom is 0.326 e. The number of H-pyrrole nitrogens is 1. The molecule has 1 heterocycles. The molecule has 22 heavy (non-hydrogen) atoms. The summed E-state index contributed by atoms with van der Waals surface area (Å²) in [6, 6.07) is 5.00. The first-order chi connectivity index (χ1) is 10.7. The van der Waals surface area contributed by atoms with Crippen molar-refractivity contribution in [3.63, 3.8) is 0 Å². The summed E-state index contributed by atoms with van der Waals surface area (Å²) < 4.78 is 6.58. The number of nitrogens with zero attached hydrogens (tertiary/aromatic N) is 1. The van der Waals surface area contributed by atoms with E-state index in [1.807, 2.05) is 0 Å². The third kappa shape index (κ3) is 3.73. The highest BCUT2D eigenvalue weighted by Crippen LogP contribution is 2.12. The Labute approximate surface area is 126 Å². The SMILES string of the molecule is NCCn1c(=O)[nH]c2ccc(C(=O)NCCOCCO)cc21. The van der Waals surface area contributed by atoms with Crippen LogP contribution in [0.15, 0.2) is 23.0 Å². The molecular formula is C14H20N4O4. The standard InChI is InChI=1S/C14H20N4O4/c15-3-5-18-12-9-10(1-2-11(12)17-14(18)21)13(20)16-4-7-22-8-6-19/h1-2,9,19H,3-8,15H2,(H,16,20)(H,17,21). The van der Waals surface area contributed by atoms with Gasteiger partial charge in [0, 0.05) is 25.2 Å². The zero-order valence-corrected chi connectivity index (χ0v) is 12.2. The zero-order chi connectivity index (χ0) is 15.9. The summed E-state index contributed by atoms with van der Waals surface area (Å²) in [4.78, 5) is 26.6. The van der Waals surface area contributed by atoms with Gasteiger partial charge in [-0.05, 0) is 18.2 Å². The monoisotopic (exact) mass is 308 g/mol. The number of carbonyl (C=O) groups is 1. The largest absolute Gasteiger partial charge is 0.394 e. The molecule has 2 aromatic rings. The van der Waals surface area contributed by atoms with E-state index in [0.29, 0.717) is 42.8 Å². The Balaban J connectivity index is 2.09. The number of fused-ring (bicyclic) bond motifs is 1. The predicted octanol–water partition coefficient (Wildman–Crippen LogP) is -0.973. The fourth-order valence-corrected chi connectivity index (χ4v) is 2.15. The summed E-state index contributed by atoms with van der Waals surface area (Å²) in [6.07, 6.45) is 0. The number of benzene rings is 1. The molecule has 0 aliphatic rings. The minimum Gasteiger partial charge on any atom is -0.394 e. The first-order valence-electron chi connectivity index (χ1n) is 7.07. The number of aliphatic hydroxyl groups is 1. The second kappa shape index (κ2) is 7.74. The molecule has 0 aliphatic carbocycles. The lowest BCUT2D eigenvalue weighted by Crippen LogP contribution is -2.27. The molecule has 0 fully saturated rings. The van der Waals surface area contributed by atoms with E-state index in [4.69, 9.17) is 15.6 Å². The van der Waals surface area contributed by atoms with E-state index in [9.17, 15) is 9.59 Å². The van der Waals surface area contributed by atoms with Crippen molar-refractivity contribution in [1.29, 1.82) is 0 Å². The number of imidazole rings is 1. The lowest BCUT2D eigenvalue weighted by atomic mass is 10.2. The molecule has 0 atom stereocenters. The lowest BCUT2D eigenvalue weighted by molar-refractivity contribution is 0.0838. The van der Waals surface area contributed by atoms with Crippen LogP contribution in [-0.4, -0.2) is 53.5 Å². The maximum absolute atomic E-state index is 12.1. The number of rotatable bonds is 8. The van der Waals surface area contributed by atoms with Gasteiger partial charge in [-0.2, -0.15) is 0 Å². The van der Waals surface area contributed by atoms with Crippen LogP contribution in [0.1, 0.15) is 10.4 Å². The van der Waals surface area contributed by atoms with Gasteiger partial charge >= 0.3 is 5.69 Å². The molecule has 0 aliphatic heterocycles. The van der Waals surface area contributed by atoms with Gasteiger partial charge in [-0.3, -0.25) is 9.36 Å². The van der Waals surface area contributed by atoms with Gasteiger partial charge in [0.25, 0.3) is 5.91 Å². The van der Waals surface area contributed by atoms with Crippen molar-refractivity contribution in [2.45, 2.75) is 6.54 Å². The van der Waals surface area contributed by atoms with Gasteiger partial charge in [0.15, 0.2) is 0 Å². The number of nitrogens with two attached hydrogens (primary N) is 1. The summed E-state index contributed by atoms with van der Waals surface area (Å²) in [6.45, 7) is 1.61. The predicted molar refractivity (Wildman–Crippen MR) is 81.9 cm³/mol. The maximum atomic E-state index is 12.1. The Morgan fingerprint density at radius 1 is 1.41 bits per heavy atom. The van der Waals surface area contributed by atoms with E-state index in [1.54, 1.807) is 18.2 Å². The average Bonchev–Trinajstić information content (AvgIpc) is 2.82. The average molecular weight is 308 g/mol. The van der Waals surface area contributed by atoms with Crippen molar-refractivity contribution in [2.75, 3.05) is 32.9 Å². The van der Waals surface area contributed by atoms with Crippen molar-refractivity contribution >= 4 is 16.9 Å². The third-order valence-electron chi connectivity index (χ3n) is 3.16. The molecular weight excluding hydrogens is 288 g/mol. The van der Waals surface area contributed by atoms with Gasteiger partial charge in [0.2, 0.25) is 0 Å². The Morgan fingerprint density at radius 3 is 2.95 bits per heavy atom. The van der Waals surface area contributed by atoms with E-state index in [-0.39, 0.29) is 24.8 Å². The quantitative estimate of drug-likeness (QED) is 0.467. The molecule has 0 unspecified atom stereocenters. The summed E-state index contributed by atoms with van der Waals surface area (Å²) in [5.74, 6) is -0.248. The summed E-state index contributed by atoms with van der Waals surface area (Å²) in [5.41, 5.74) is 7.04. The number of carbonyl (C=O) groups excluding carboxylic acids is 1. The Kier molecular flexibility index (Phi) is 5.70. The zero-order valence-electron chi connectivity index (χ0n) is 12.2. The van der Waals surface area contributed by atoms with Gasteiger partial charge in [-0.1, -0.05) is 0 Å². The third-order valence-corrected chi connectivity index (χ3v) is 3.16. The van der Waals surface area contributed by atoms with Gasteiger partial charge in [-0.15, -0.1) is 0 Å². The van der Waals surface area contributed by atoms with Crippen molar-refractivity contribution in [2.24, 2.45) is 5.73 Å². The highest BCUT2D eigenvalue weighted by Gasteiger charge is 2.10. The number of aromatic amines is 1. The second-order valence-electron chi connectivity index (χ2n) is 4.69. The molecule has 8 heteroatoms. The molecule has 1 aromatic heterocycles. The van der Waals surface area contributed by atoms with E-state index in [1.165, 1.54) is 4.57 Å². The van der Waals surface area contributed by atoms with Gasteiger partial charge in [0.1, 0.15) is 0 Å². The molecule has 8 nitrogen and oxygen atoms in total. The van der Waals surface area contributed by atoms with Crippen LogP contribution in [-0.2, 0) is 11.3 Å². The van der Waals surface area contributed by atoms with Crippen LogP contribution in [0.5, 0.6) is 0 Å². The number of hydrogen-bond donors (Lipinski definition) is 4. The van der Waals surface area contributed by atoms with Crippen LogP contribution >= 0.6 is 0 Å². The molecule has 0 saturated carbocycles. The number of aliphatic hydroxyl groups excluding tert-OH is 1. The fourth-order valence-electron chi connectivity index (χ4n) is 2.15. The van der Waals surface area contributed by atoms with E-state index >= 15 is 0 Å². The van der Waals surface area contributed by atoms with Gasteiger partial charge in [-0.25, -0.2) is 4.79 Å². The summed E-state index contributed by atoms with van der Waals surface area (Å²) in [5, 5.41) is 11.3. The van der Waals surface area contributed by atoms with Gasteiger partial charge in [0.05, 0.1) is 30.9 Å². The van der Waals surface area contributed by atoms with Crippen LogP contribution in [0.3, 0.4) is 0 Å². The van der Waals surface area contributed by atoms with Gasteiger partial charge < -0.3 is 25.9 Å². The Morgan fingerprint density at radius 2 is 2.23 bits per heavy atom. The Bertz CT molecular complexity index is 692. The first kappa shape index (κ1) is 16.2. The second-order valence-corrected chi connectivity index (χ2v) is 4.69. The normalized spacial score (nSPS) is 11.0. The van der Waals surface area contributed by atoms with Crippen molar-refractivity contribution < 1.29 is 14.6 Å². The fraction of sp³-hybridized carbons (Fsp3) is 0.429. The molecule has 0 saturated heterocycles. The Hall–Kier alpha value is -2.16. The van der Waals surface area contributed by atoms with Crippen molar-refractivity contribution in [3.8, 4) is 0 Å². The molecule has 1 amide bonds.